The van der Waals surface area contributed by atoms with E-state index in [1.54, 1.807) is 17.0 Å². The van der Waals surface area contributed by atoms with Gasteiger partial charge >= 0.3 is 0 Å². The van der Waals surface area contributed by atoms with Crippen LogP contribution in [-0.2, 0) is 14.8 Å². The largest absolute Gasteiger partial charge is 0.494 e. The number of benzene rings is 1. The van der Waals surface area contributed by atoms with Crippen LogP contribution in [-0.4, -0.2) is 45.0 Å². The van der Waals surface area contributed by atoms with Crippen LogP contribution in [0.1, 0.15) is 46.5 Å². The van der Waals surface area contributed by atoms with Crippen LogP contribution in [0.15, 0.2) is 29.2 Å². The predicted octanol–water partition coefficient (Wildman–Crippen LogP) is 2.79. The summed E-state index contributed by atoms with van der Waals surface area (Å²) in [6, 6.07) is 5.53. The van der Waals surface area contributed by atoms with Crippen LogP contribution in [0.3, 0.4) is 0 Å². The Bertz CT molecular complexity index is 680. The van der Waals surface area contributed by atoms with Gasteiger partial charge in [-0.25, -0.2) is 8.42 Å². The third kappa shape index (κ3) is 5.71. The Morgan fingerprint density at radius 1 is 1.15 bits per heavy atom. The molecule has 1 aliphatic heterocycles. The summed E-state index contributed by atoms with van der Waals surface area (Å²) in [5, 5.41) is 0. The molecule has 0 saturated carbocycles. The number of nitrogens with zero attached hydrogens (tertiary/aromatic N) is 1. The van der Waals surface area contributed by atoms with Crippen molar-refractivity contribution in [1.82, 2.24) is 9.62 Å². The molecule has 0 spiro atoms. The van der Waals surface area contributed by atoms with Crippen molar-refractivity contribution in [3.05, 3.63) is 24.3 Å². The van der Waals surface area contributed by atoms with Crippen LogP contribution in [0.2, 0.25) is 0 Å². The molecule has 1 fully saturated rings. The Balaban J connectivity index is 2.15. The molecule has 1 N–H and O–H groups in total. The first-order valence-electron chi connectivity index (χ1n) is 9.37. The standard InChI is InChI=1S/C19H30N2O4S/c1-4-25-16-8-10-17(11-9-16)26(23,24)20-18(14-15(2)3)19(22)21-12-6-5-7-13-21/h8-11,15,18,20H,4-7,12-14H2,1-3H3/t18-/m0/s1. The SMILES string of the molecule is CCOc1ccc(S(=O)(=O)N[C@@H](CC(C)C)C(=O)N2CCCCC2)cc1. The summed E-state index contributed by atoms with van der Waals surface area (Å²) in [5.74, 6) is 0.708. The highest BCUT2D eigenvalue weighted by Crippen LogP contribution is 2.19. The summed E-state index contributed by atoms with van der Waals surface area (Å²) in [7, 11) is -3.77. The van der Waals surface area contributed by atoms with Crippen LogP contribution < -0.4 is 9.46 Å². The molecular formula is C19H30N2O4S. The molecule has 0 bridgehead atoms. The fourth-order valence-corrected chi connectivity index (χ4v) is 4.34. The predicted molar refractivity (Wildman–Crippen MR) is 102 cm³/mol. The summed E-state index contributed by atoms with van der Waals surface area (Å²) in [5.41, 5.74) is 0. The zero-order valence-electron chi connectivity index (χ0n) is 15.9. The molecule has 1 heterocycles. The number of sulfonamides is 1. The van der Waals surface area contributed by atoms with Crippen molar-refractivity contribution < 1.29 is 17.9 Å². The van der Waals surface area contributed by atoms with E-state index in [0.717, 1.165) is 19.3 Å². The van der Waals surface area contributed by atoms with Gasteiger partial charge in [-0.3, -0.25) is 4.79 Å². The van der Waals surface area contributed by atoms with Gasteiger partial charge in [-0.05, 0) is 62.8 Å². The number of rotatable bonds is 8. The van der Waals surface area contributed by atoms with Gasteiger partial charge in [-0.15, -0.1) is 0 Å². The molecular weight excluding hydrogens is 352 g/mol. The van der Waals surface area contributed by atoms with E-state index in [1.165, 1.54) is 12.1 Å². The molecule has 0 aliphatic carbocycles. The van der Waals surface area contributed by atoms with Crippen LogP contribution in [0, 0.1) is 5.92 Å². The zero-order chi connectivity index (χ0) is 19.2. The van der Waals surface area contributed by atoms with E-state index in [4.69, 9.17) is 4.74 Å². The van der Waals surface area contributed by atoms with Gasteiger partial charge < -0.3 is 9.64 Å². The molecule has 2 rings (SSSR count). The van der Waals surface area contributed by atoms with Gasteiger partial charge in [-0.2, -0.15) is 4.72 Å². The lowest BCUT2D eigenvalue weighted by molar-refractivity contribution is -0.134. The second-order valence-corrected chi connectivity index (χ2v) is 8.81. The number of likely N-dealkylation sites (tertiary alicyclic amines) is 1. The summed E-state index contributed by atoms with van der Waals surface area (Å²) in [6.45, 7) is 7.78. The van der Waals surface area contributed by atoms with Crippen LogP contribution in [0.4, 0.5) is 0 Å². The molecule has 7 heteroatoms. The normalized spacial score (nSPS) is 16.5. The maximum atomic E-state index is 12.9. The highest BCUT2D eigenvalue weighted by molar-refractivity contribution is 7.89. The van der Waals surface area contributed by atoms with Gasteiger partial charge in [0.2, 0.25) is 15.9 Å². The van der Waals surface area contributed by atoms with E-state index in [2.05, 4.69) is 4.72 Å². The molecule has 0 unspecified atom stereocenters. The number of ether oxygens (including phenoxy) is 1. The van der Waals surface area contributed by atoms with Crippen LogP contribution in [0.5, 0.6) is 5.75 Å². The van der Waals surface area contributed by atoms with Gasteiger partial charge in [0, 0.05) is 13.1 Å². The second kappa shape index (κ2) is 9.37. The maximum Gasteiger partial charge on any atom is 0.241 e. The number of hydrogen-bond acceptors (Lipinski definition) is 4. The zero-order valence-corrected chi connectivity index (χ0v) is 16.7. The lowest BCUT2D eigenvalue weighted by atomic mass is 10.0. The second-order valence-electron chi connectivity index (χ2n) is 7.09. The lowest BCUT2D eigenvalue weighted by Crippen LogP contribution is -2.50. The third-order valence-electron chi connectivity index (χ3n) is 4.42. The molecule has 1 atom stereocenters. The number of amides is 1. The Morgan fingerprint density at radius 2 is 1.77 bits per heavy atom. The van der Waals surface area contributed by atoms with Crippen molar-refractivity contribution >= 4 is 15.9 Å². The highest BCUT2D eigenvalue weighted by Gasteiger charge is 2.30. The molecule has 0 aromatic heterocycles. The Morgan fingerprint density at radius 3 is 2.31 bits per heavy atom. The Labute approximate surface area is 157 Å². The Kier molecular flexibility index (Phi) is 7.46. The molecule has 0 radical (unpaired) electrons. The number of nitrogens with one attached hydrogen (secondary N) is 1. The molecule has 6 nitrogen and oxygen atoms in total. The summed E-state index contributed by atoms with van der Waals surface area (Å²) in [4.78, 5) is 14.8. The first kappa shape index (κ1) is 20.7. The van der Waals surface area contributed by atoms with E-state index >= 15 is 0 Å². The smallest absolute Gasteiger partial charge is 0.241 e. The van der Waals surface area contributed by atoms with E-state index in [1.807, 2.05) is 20.8 Å². The summed E-state index contributed by atoms with van der Waals surface area (Å²) >= 11 is 0. The minimum atomic E-state index is -3.77. The maximum absolute atomic E-state index is 12.9. The average Bonchev–Trinajstić information content (AvgIpc) is 2.61. The van der Waals surface area contributed by atoms with Crippen molar-refractivity contribution in [2.45, 2.75) is 57.4 Å². The summed E-state index contributed by atoms with van der Waals surface area (Å²) < 4.78 is 33.5. The minimum Gasteiger partial charge on any atom is -0.494 e. The van der Waals surface area contributed by atoms with Gasteiger partial charge in [-0.1, -0.05) is 13.8 Å². The topological polar surface area (TPSA) is 75.7 Å². The lowest BCUT2D eigenvalue weighted by Gasteiger charge is -2.31. The highest BCUT2D eigenvalue weighted by atomic mass is 32.2. The summed E-state index contributed by atoms with van der Waals surface area (Å²) in [6.07, 6.45) is 3.56. The van der Waals surface area contributed by atoms with Crippen molar-refractivity contribution in [3.63, 3.8) is 0 Å². The van der Waals surface area contributed by atoms with Gasteiger partial charge in [0.15, 0.2) is 0 Å². The van der Waals surface area contributed by atoms with Crippen molar-refractivity contribution in [2.24, 2.45) is 5.92 Å². The van der Waals surface area contributed by atoms with Crippen LogP contribution in [0.25, 0.3) is 0 Å². The quantitative estimate of drug-likeness (QED) is 0.750. The Hall–Kier alpha value is -1.60. The van der Waals surface area contributed by atoms with Gasteiger partial charge in [0.25, 0.3) is 0 Å². The monoisotopic (exact) mass is 382 g/mol. The van der Waals surface area contributed by atoms with Crippen LogP contribution >= 0.6 is 0 Å². The molecule has 1 aliphatic rings. The van der Waals surface area contributed by atoms with E-state index in [0.29, 0.717) is 31.9 Å². The van der Waals surface area contributed by atoms with Crippen molar-refractivity contribution in [3.8, 4) is 5.75 Å². The minimum absolute atomic E-state index is 0.118. The van der Waals surface area contributed by atoms with Gasteiger partial charge in [0.1, 0.15) is 11.8 Å². The van der Waals surface area contributed by atoms with E-state index in [9.17, 15) is 13.2 Å². The molecule has 146 valence electrons. The average molecular weight is 383 g/mol. The fraction of sp³-hybridized carbons (Fsp3) is 0.632. The van der Waals surface area contributed by atoms with Crippen molar-refractivity contribution in [2.75, 3.05) is 19.7 Å². The molecule has 1 amide bonds. The molecule has 1 aromatic carbocycles. The van der Waals surface area contributed by atoms with E-state index in [-0.39, 0.29) is 16.7 Å². The first-order chi connectivity index (χ1) is 12.3. The van der Waals surface area contributed by atoms with E-state index < -0.39 is 16.1 Å². The third-order valence-corrected chi connectivity index (χ3v) is 5.90. The molecule has 1 aromatic rings. The fourth-order valence-electron chi connectivity index (χ4n) is 3.14. The molecule has 26 heavy (non-hydrogen) atoms. The number of piperidine rings is 1. The number of carbonyl (C=O) groups is 1. The number of carbonyl (C=O) groups excluding carboxylic acids is 1. The number of hydrogen-bond donors (Lipinski definition) is 1. The van der Waals surface area contributed by atoms with Gasteiger partial charge in [0.05, 0.1) is 11.5 Å². The van der Waals surface area contributed by atoms with Crippen molar-refractivity contribution in [1.29, 1.82) is 0 Å². The molecule has 1 saturated heterocycles. The first-order valence-corrected chi connectivity index (χ1v) is 10.9.